The molecule has 0 unspecified atom stereocenters. The van der Waals surface area contributed by atoms with Crippen molar-refractivity contribution in [3.8, 4) is 11.8 Å². The van der Waals surface area contributed by atoms with Crippen molar-refractivity contribution < 1.29 is 19.4 Å². The van der Waals surface area contributed by atoms with Gasteiger partial charge in [0.1, 0.15) is 5.60 Å². The monoisotopic (exact) mass is 480 g/mol. The molecule has 0 fully saturated rings. The number of carbonyl (C=O) groups is 2. The number of hydrogen-bond acceptors (Lipinski definition) is 5. The number of hydrogen-bond donors (Lipinski definition) is 2. The first kappa shape index (κ1) is 26.5. The van der Waals surface area contributed by atoms with Crippen LogP contribution in [0.1, 0.15) is 71.8 Å². The van der Waals surface area contributed by atoms with E-state index in [2.05, 4.69) is 36.1 Å². The fourth-order valence-corrected chi connectivity index (χ4v) is 3.90. The molecular weight excluding hydrogens is 444 g/mol. The fraction of sp³-hybridized carbons (Fsp3) is 0.519. The molecule has 0 radical (unpaired) electrons. The van der Waals surface area contributed by atoms with E-state index in [9.17, 15) is 14.7 Å². The molecule has 1 aliphatic rings. The Labute approximate surface area is 207 Å². The van der Waals surface area contributed by atoms with Gasteiger partial charge in [-0.05, 0) is 44.4 Å². The Kier molecular flexibility index (Phi) is 8.71. The highest BCUT2D eigenvalue weighted by Gasteiger charge is 2.30. The van der Waals surface area contributed by atoms with Gasteiger partial charge < -0.3 is 20.1 Å². The summed E-state index contributed by atoms with van der Waals surface area (Å²) in [4.78, 5) is 28.0. The molecule has 35 heavy (non-hydrogen) atoms. The Morgan fingerprint density at radius 3 is 2.77 bits per heavy atom. The largest absolute Gasteiger partial charge is 0.383 e. The van der Waals surface area contributed by atoms with Crippen molar-refractivity contribution in [3.05, 3.63) is 52.3 Å². The lowest BCUT2D eigenvalue weighted by atomic mass is 10.0. The number of nitrogens with one attached hydrogen (secondary N) is 1. The minimum Gasteiger partial charge on any atom is -0.383 e. The van der Waals surface area contributed by atoms with Crippen LogP contribution >= 0.6 is 0 Å². The molecule has 2 amide bonds. The van der Waals surface area contributed by atoms with Crippen LogP contribution in [0.3, 0.4) is 0 Å². The van der Waals surface area contributed by atoms with Crippen molar-refractivity contribution in [2.24, 2.45) is 5.92 Å². The molecule has 1 aromatic carbocycles. The quantitative estimate of drug-likeness (QED) is 0.447. The maximum absolute atomic E-state index is 13.4. The van der Waals surface area contributed by atoms with E-state index in [1.165, 1.54) is 0 Å². The molecule has 0 saturated carbocycles. The van der Waals surface area contributed by atoms with Crippen LogP contribution in [0.5, 0.6) is 0 Å². The first-order valence-electron chi connectivity index (χ1n) is 12.1. The lowest BCUT2D eigenvalue weighted by molar-refractivity contribution is 0.0730. The van der Waals surface area contributed by atoms with E-state index in [1.54, 1.807) is 44.1 Å². The second-order valence-electron chi connectivity index (χ2n) is 9.79. The number of methoxy groups -OCH3 is 1. The van der Waals surface area contributed by atoms with Crippen LogP contribution in [0.25, 0.3) is 0 Å². The predicted molar refractivity (Wildman–Crippen MR) is 134 cm³/mol. The summed E-state index contributed by atoms with van der Waals surface area (Å²) in [7, 11) is 1.59. The van der Waals surface area contributed by atoms with Crippen LogP contribution in [-0.4, -0.2) is 64.0 Å². The number of benzene rings is 1. The molecular formula is C27H36N4O4. The Balaban J connectivity index is 1.85. The number of amides is 2. The van der Waals surface area contributed by atoms with Crippen molar-refractivity contribution in [1.82, 2.24) is 20.0 Å². The lowest BCUT2D eigenvalue weighted by Crippen LogP contribution is -2.37. The smallest absolute Gasteiger partial charge is 0.272 e. The minimum absolute atomic E-state index is 0.122. The first-order chi connectivity index (χ1) is 16.6. The minimum atomic E-state index is -1.11. The molecule has 0 saturated heterocycles. The predicted octanol–water partition coefficient (Wildman–Crippen LogP) is 2.63. The summed E-state index contributed by atoms with van der Waals surface area (Å²) in [5.41, 5.74) is 2.28. The Bertz CT molecular complexity index is 1120. The topological polar surface area (TPSA) is 96.7 Å². The van der Waals surface area contributed by atoms with Crippen LogP contribution in [0.15, 0.2) is 24.3 Å². The van der Waals surface area contributed by atoms with Crippen molar-refractivity contribution in [2.45, 2.75) is 59.2 Å². The number of nitrogens with zero attached hydrogens (tertiary/aromatic N) is 3. The average molecular weight is 481 g/mol. The van der Waals surface area contributed by atoms with Gasteiger partial charge in [0.25, 0.3) is 11.8 Å². The molecule has 0 aliphatic carbocycles. The molecule has 8 heteroatoms. The Morgan fingerprint density at radius 1 is 1.31 bits per heavy atom. The van der Waals surface area contributed by atoms with Gasteiger partial charge in [-0.3, -0.25) is 14.3 Å². The standard InChI is InChI=1S/C27H36N4O4/c1-19(2)10-15-31-23-11-14-30(18-22(23)24(29-31)25(32)28-13-16-35-5)26(33)21-8-6-7-20(17-21)9-12-27(3,4)34/h6-8,17,19,34H,10-11,13-16,18H2,1-5H3,(H,28,32). The van der Waals surface area contributed by atoms with Gasteiger partial charge in [0.2, 0.25) is 0 Å². The zero-order valence-electron chi connectivity index (χ0n) is 21.4. The van der Waals surface area contributed by atoms with Gasteiger partial charge >= 0.3 is 0 Å². The van der Waals surface area contributed by atoms with E-state index < -0.39 is 5.60 Å². The van der Waals surface area contributed by atoms with Crippen LogP contribution in [0.4, 0.5) is 0 Å². The van der Waals surface area contributed by atoms with E-state index in [4.69, 9.17) is 4.74 Å². The summed E-state index contributed by atoms with van der Waals surface area (Å²) in [6, 6.07) is 7.10. The average Bonchev–Trinajstić information content (AvgIpc) is 3.19. The summed E-state index contributed by atoms with van der Waals surface area (Å²) in [6.45, 7) is 9.97. The highest BCUT2D eigenvalue weighted by molar-refractivity contribution is 5.96. The molecule has 3 rings (SSSR count). The summed E-state index contributed by atoms with van der Waals surface area (Å²) in [6.07, 6.45) is 1.59. The van der Waals surface area contributed by atoms with Gasteiger partial charge in [0.05, 0.1) is 13.2 Å². The van der Waals surface area contributed by atoms with Crippen LogP contribution in [-0.2, 0) is 24.2 Å². The second kappa shape index (κ2) is 11.5. The third-order valence-corrected chi connectivity index (χ3v) is 5.77. The van der Waals surface area contributed by atoms with Gasteiger partial charge in [-0.15, -0.1) is 0 Å². The highest BCUT2D eigenvalue weighted by atomic mass is 16.5. The fourth-order valence-electron chi connectivity index (χ4n) is 3.90. The summed E-state index contributed by atoms with van der Waals surface area (Å²) in [5, 5.41) is 17.4. The molecule has 0 atom stereocenters. The maximum atomic E-state index is 13.4. The van der Waals surface area contributed by atoms with Crippen LogP contribution in [0, 0.1) is 17.8 Å². The van der Waals surface area contributed by atoms with Crippen LogP contribution in [0.2, 0.25) is 0 Å². The third kappa shape index (κ3) is 7.17. The molecule has 2 heterocycles. The number of rotatable bonds is 8. The highest BCUT2D eigenvalue weighted by Crippen LogP contribution is 2.25. The van der Waals surface area contributed by atoms with E-state index in [0.717, 1.165) is 24.2 Å². The SMILES string of the molecule is COCCNC(=O)c1nn(CCC(C)C)c2c1CN(C(=O)c1cccc(C#CC(C)(C)O)c1)CC2. The molecule has 0 spiro atoms. The zero-order valence-corrected chi connectivity index (χ0v) is 21.4. The van der Waals surface area contributed by atoms with Gasteiger partial charge in [0.15, 0.2) is 5.69 Å². The van der Waals surface area contributed by atoms with E-state index in [-0.39, 0.29) is 11.8 Å². The van der Waals surface area contributed by atoms with E-state index in [1.807, 2.05) is 10.7 Å². The number of fused-ring (bicyclic) bond motifs is 1. The van der Waals surface area contributed by atoms with Crippen molar-refractivity contribution >= 4 is 11.8 Å². The molecule has 188 valence electrons. The van der Waals surface area contributed by atoms with Crippen LogP contribution < -0.4 is 5.32 Å². The van der Waals surface area contributed by atoms with E-state index >= 15 is 0 Å². The second-order valence-corrected chi connectivity index (χ2v) is 9.79. The van der Waals surface area contributed by atoms with Gasteiger partial charge in [0, 0.05) is 55.5 Å². The summed E-state index contributed by atoms with van der Waals surface area (Å²) < 4.78 is 6.98. The molecule has 1 aromatic heterocycles. The number of aryl methyl sites for hydroxylation is 1. The summed E-state index contributed by atoms with van der Waals surface area (Å²) in [5.74, 6) is 5.85. The molecule has 1 aliphatic heterocycles. The normalized spacial score (nSPS) is 13.3. The number of ether oxygens (including phenoxy) is 1. The maximum Gasteiger partial charge on any atom is 0.272 e. The van der Waals surface area contributed by atoms with Crippen molar-refractivity contribution in [2.75, 3.05) is 26.8 Å². The van der Waals surface area contributed by atoms with Gasteiger partial charge in [-0.1, -0.05) is 31.8 Å². The Morgan fingerprint density at radius 2 is 2.09 bits per heavy atom. The molecule has 2 aromatic rings. The number of aliphatic hydroxyl groups is 1. The zero-order chi connectivity index (χ0) is 25.6. The van der Waals surface area contributed by atoms with Gasteiger partial charge in [-0.25, -0.2) is 0 Å². The Hall–Kier alpha value is -3.15. The molecule has 8 nitrogen and oxygen atoms in total. The number of carbonyl (C=O) groups excluding carboxylic acids is 2. The lowest BCUT2D eigenvalue weighted by Gasteiger charge is -2.28. The van der Waals surface area contributed by atoms with Crippen molar-refractivity contribution in [1.29, 1.82) is 0 Å². The van der Waals surface area contributed by atoms with E-state index in [0.29, 0.717) is 55.4 Å². The molecule has 2 N–H and O–H groups in total. The summed E-state index contributed by atoms with van der Waals surface area (Å²) >= 11 is 0. The number of aromatic nitrogens is 2. The van der Waals surface area contributed by atoms with Gasteiger partial charge in [-0.2, -0.15) is 5.10 Å². The molecule has 0 bridgehead atoms. The van der Waals surface area contributed by atoms with Crippen molar-refractivity contribution in [3.63, 3.8) is 0 Å². The third-order valence-electron chi connectivity index (χ3n) is 5.77. The first-order valence-corrected chi connectivity index (χ1v) is 12.1.